The Balaban J connectivity index is 2.05. The second-order valence-corrected chi connectivity index (χ2v) is 5.57. The van der Waals surface area contributed by atoms with E-state index < -0.39 is 17.6 Å². The van der Waals surface area contributed by atoms with E-state index in [1.54, 1.807) is 0 Å². The van der Waals surface area contributed by atoms with E-state index in [-0.39, 0.29) is 5.56 Å². The van der Waals surface area contributed by atoms with Gasteiger partial charge in [0, 0.05) is 24.8 Å². The number of nitrogens with two attached hydrogens (primary N) is 2. The summed E-state index contributed by atoms with van der Waals surface area (Å²) in [6.07, 6.45) is -1.87. The number of anilines is 2. The highest BCUT2D eigenvalue weighted by molar-refractivity contribution is 7.20. The van der Waals surface area contributed by atoms with Gasteiger partial charge in [-0.3, -0.25) is 0 Å². The van der Waals surface area contributed by atoms with Crippen LogP contribution in [0.3, 0.4) is 0 Å². The fraction of sp³-hybridized carbons (Fsp3) is 0.250. The summed E-state index contributed by atoms with van der Waals surface area (Å²) in [6.45, 7) is 0.971. The molecule has 0 aliphatic carbocycles. The summed E-state index contributed by atoms with van der Waals surface area (Å²) in [4.78, 5) is 8.32. The Bertz CT molecular complexity index is 839. The Morgan fingerprint density at radius 2 is 2.04 bits per heavy atom. The van der Waals surface area contributed by atoms with Gasteiger partial charge in [0.2, 0.25) is 10.1 Å². The van der Waals surface area contributed by atoms with Crippen LogP contribution in [-0.4, -0.2) is 32.7 Å². The molecule has 0 saturated carbocycles. The molecule has 3 aromatic rings. The molecule has 0 bridgehead atoms. The number of nitrogens with one attached hydrogen (secondary N) is 1. The number of pyridine rings is 1. The van der Waals surface area contributed by atoms with Gasteiger partial charge in [-0.15, -0.1) is 5.10 Å². The van der Waals surface area contributed by atoms with Crippen molar-refractivity contribution in [2.75, 3.05) is 24.1 Å². The molecule has 0 aliphatic heterocycles. The monoisotopic (exact) mass is 343 g/mol. The van der Waals surface area contributed by atoms with Gasteiger partial charge < -0.3 is 16.8 Å². The lowest BCUT2D eigenvalue weighted by Crippen LogP contribution is -2.13. The molecule has 0 fully saturated rings. The molecule has 23 heavy (non-hydrogen) atoms. The molecule has 0 unspecified atom stereocenters. The second kappa shape index (κ2) is 5.66. The van der Waals surface area contributed by atoms with Gasteiger partial charge in [-0.2, -0.15) is 13.2 Å². The molecule has 7 nitrogen and oxygen atoms in total. The molecule has 0 saturated heterocycles. The Labute approximate surface area is 132 Å². The number of imidazole rings is 1. The molecule has 3 aromatic heterocycles. The normalized spacial score (nSPS) is 12.0. The van der Waals surface area contributed by atoms with Gasteiger partial charge in [0.25, 0.3) is 0 Å². The maximum atomic E-state index is 12.9. The first-order valence-corrected chi connectivity index (χ1v) is 7.33. The van der Waals surface area contributed by atoms with Crippen LogP contribution in [0.2, 0.25) is 0 Å². The Kier molecular flexibility index (Phi) is 3.82. The summed E-state index contributed by atoms with van der Waals surface area (Å²) >= 11 is 1.27. The van der Waals surface area contributed by atoms with Gasteiger partial charge in [-0.1, -0.05) is 11.3 Å². The fourth-order valence-corrected chi connectivity index (χ4v) is 2.78. The maximum Gasteiger partial charge on any atom is 0.419 e. The molecule has 3 rings (SSSR count). The fourth-order valence-electron chi connectivity index (χ4n) is 1.98. The van der Waals surface area contributed by atoms with Gasteiger partial charge in [0.1, 0.15) is 5.82 Å². The topological polar surface area (TPSA) is 107 Å². The van der Waals surface area contributed by atoms with E-state index in [1.807, 2.05) is 0 Å². The zero-order valence-electron chi connectivity index (χ0n) is 11.6. The van der Waals surface area contributed by atoms with E-state index in [0.717, 1.165) is 6.07 Å². The second-order valence-electron chi connectivity index (χ2n) is 4.62. The minimum atomic E-state index is -4.58. The molecule has 122 valence electrons. The van der Waals surface area contributed by atoms with Crippen molar-refractivity contribution in [2.24, 2.45) is 5.73 Å². The summed E-state index contributed by atoms with van der Waals surface area (Å²) in [5.74, 6) is -0.564. The van der Waals surface area contributed by atoms with Crippen molar-refractivity contribution >= 4 is 27.2 Å². The number of hydrogen-bond acceptors (Lipinski definition) is 7. The summed E-state index contributed by atoms with van der Waals surface area (Å²) < 4.78 is 40.3. The number of nitrogens with zero attached hydrogens (tertiary/aromatic N) is 4. The quantitative estimate of drug-likeness (QED) is 0.667. The summed E-state index contributed by atoms with van der Waals surface area (Å²) in [7, 11) is 0. The third kappa shape index (κ3) is 2.92. The van der Waals surface area contributed by atoms with Crippen LogP contribution in [0.1, 0.15) is 5.56 Å². The summed E-state index contributed by atoms with van der Waals surface area (Å²) in [5, 5.41) is 7.85. The van der Waals surface area contributed by atoms with Crippen LogP contribution in [-0.2, 0) is 6.18 Å². The Hall–Kier alpha value is -2.40. The van der Waals surface area contributed by atoms with Gasteiger partial charge in [0.15, 0.2) is 0 Å². The van der Waals surface area contributed by atoms with Crippen molar-refractivity contribution in [3.63, 3.8) is 0 Å². The highest BCUT2D eigenvalue weighted by atomic mass is 32.1. The molecule has 5 N–H and O–H groups in total. The van der Waals surface area contributed by atoms with Crippen molar-refractivity contribution in [1.29, 1.82) is 0 Å². The van der Waals surface area contributed by atoms with Crippen molar-refractivity contribution in [3.8, 4) is 11.3 Å². The van der Waals surface area contributed by atoms with Gasteiger partial charge in [0.05, 0.1) is 17.5 Å². The van der Waals surface area contributed by atoms with Crippen molar-refractivity contribution in [2.45, 2.75) is 6.18 Å². The van der Waals surface area contributed by atoms with E-state index in [2.05, 4.69) is 20.4 Å². The van der Waals surface area contributed by atoms with Crippen LogP contribution in [0.5, 0.6) is 0 Å². The molecule has 0 atom stereocenters. The predicted octanol–water partition coefficient (Wildman–Crippen LogP) is 1.82. The average Bonchev–Trinajstić information content (AvgIpc) is 3.04. The SMILES string of the molecule is NCCNc1nn2c(-c3cnc(N)c(C(F)(F)F)c3)cnc2s1. The first-order valence-electron chi connectivity index (χ1n) is 6.51. The average molecular weight is 343 g/mol. The van der Waals surface area contributed by atoms with Crippen LogP contribution in [0, 0.1) is 0 Å². The first kappa shape index (κ1) is 15.5. The van der Waals surface area contributed by atoms with Gasteiger partial charge in [-0.25, -0.2) is 14.5 Å². The van der Waals surface area contributed by atoms with Crippen molar-refractivity contribution in [3.05, 3.63) is 24.0 Å². The summed E-state index contributed by atoms with van der Waals surface area (Å²) in [6, 6.07) is 0.943. The highest BCUT2D eigenvalue weighted by Crippen LogP contribution is 2.35. The molecule has 11 heteroatoms. The highest BCUT2D eigenvalue weighted by Gasteiger charge is 2.34. The molecule has 0 radical (unpaired) electrons. The molecule has 0 amide bonds. The number of hydrogen-bond donors (Lipinski definition) is 3. The molecule has 0 spiro atoms. The number of rotatable bonds is 4. The minimum Gasteiger partial charge on any atom is -0.383 e. The smallest absolute Gasteiger partial charge is 0.383 e. The zero-order valence-corrected chi connectivity index (χ0v) is 12.4. The minimum absolute atomic E-state index is 0.231. The molecule has 0 aromatic carbocycles. The van der Waals surface area contributed by atoms with E-state index in [9.17, 15) is 13.2 Å². The largest absolute Gasteiger partial charge is 0.419 e. The third-order valence-electron chi connectivity index (χ3n) is 3.03. The van der Waals surface area contributed by atoms with E-state index in [4.69, 9.17) is 11.5 Å². The molecular formula is C12H12F3N7S. The Morgan fingerprint density at radius 3 is 2.74 bits per heavy atom. The lowest BCUT2D eigenvalue weighted by Gasteiger charge is -2.10. The van der Waals surface area contributed by atoms with Gasteiger partial charge >= 0.3 is 6.18 Å². The lowest BCUT2D eigenvalue weighted by atomic mass is 10.1. The van der Waals surface area contributed by atoms with E-state index >= 15 is 0 Å². The number of halogens is 3. The first-order chi connectivity index (χ1) is 10.9. The standard InChI is InChI=1S/C12H12F3N7S/c13-12(14,15)7-3-6(4-19-9(7)17)8-5-20-11-22(8)21-10(23-11)18-2-1-16/h3-5H,1-2,16H2,(H2,17,19)(H,18,21). The van der Waals surface area contributed by atoms with Crippen molar-refractivity contribution < 1.29 is 13.2 Å². The summed E-state index contributed by atoms with van der Waals surface area (Å²) in [5.41, 5.74) is 10.4. The number of nitrogen functional groups attached to an aromatic ring is 1. The Morgan fingerprint density at radius 1 is 1.26 bits per heavy atom. The number of fused-ring (bicyclic) bond motifs is 1. The van der Waals surface area contributed by atoms with Crippen LogP contribution in [0.4, 0.5) is 24.1 Å². The van der Waals surface area contributed by atoms with Crippen LogP contribution in [0.25, 0.3) is 16.2 Å². The van der Waals surface area contributed by atoms with Crippen LogP contribution in [0.15, 0.2) is 18.5 Å². The number of alkyl halides is 3. The predicted molar refractivity (Wildman–Crippen MR) is 81.1 cm³/mol. The van der Waals surface area contributed by atoms with E-state index in [0.29, 0.717) is 28.9 Å². The van der Waals surface area contributed by atoms with E-state index in [1.165, 1.54) is 28.2 Å². The number of aromatic nitrogens is 4. The van der Waals surface area contributed by atoms with Gasteiger partial charge in [-0.05, 0) is 6.07 Å². The lowest BCUT2D eigenvalue weighted by molar-refractivity contribution is -0.137. The molecular weight excluding hydrogens is 331 g/mol. The maximum absolute atomic E-state index is 12.9. The molecule has 3 heterocycles. The van der Waals surface area contributed by atoms with Crippen molar-refractivity contribution in [1.82, 2.24) is 19.6 Å². The molecule has 0 aliphatic rings. The third-order valence-corrected chi connectivity index (χ3v) is 3.91. The van der Waals surface area contributed by atoms with Crippen LogP contribution < -0.4 is 16.8 Å². The van der Waals surface area contributed by atoms with Crippen LogP contribution >= 0.6 is 11.3 Å². The zero-order chi connectivity index (χ0) is 16.6.